The lowest BCUT2D eigenvalue weighted by molar-refractivity contribution is -0.126. The largest absolute Gasteiger partial charge is 0.479 e. The summed E-state index contributed by atoms with van der Waals surface area (Å²) in [6.07, 6.45) is 0.563. The van der Waals surface area contributed by atoms with Crippen LogP contribution >= 0.6 is 0 Å². The fourth-order valence-corrected chi connectivity index (χ4v) is 1.88. The number of amides is 1. The number of carbonyl (C=O) groups excluding carboxylic acids is 2. The second-order valence-electron chi connectivity index (χ2n) is 6.15. The number of halogens is 4. The molecule has 0 fully saturated rings. The minimum absolute atomic E-state index is 0.0374. The van der Waals surface area contributed by atoms with Crippen molar-refractivity contribution < 1.29 is 31.9 Å². The third-order valence-electron chi connectivity index (χ3n) is 2.90. The van der Waals surface area contributed by atoms with E-state index in [0.717, 1.165) is 0 Å². The van der Waals surface area contributed by atoms with Crippen molar-refractivity contribution >= 4 is 12.2 Å². The molecule has 4 nitrogen and oxygen atoms in total. The maximum Gasteiger partial charge on any atom is 0.207 e. The third-order valence-corrected chi connectivity index (χ3v) is 2.90. The quantitative estimate of drug-likeness (QED) is 0.474. The second-order valence-corrected chi connectivity index (χ2v) is 6.15. The molecule has 128 valence electrons. The zero-order valence-corrected chi connectivity index (χ0v) is 12.9. The Hall–Kier alpha value is -2.12. The monoisotopic (exact) mass is 335 g/mol. The van der Waals surface area contributed by atoms with E-state index in [4.69, 9.17) is 0 Å². The van der Waals surface area contributed by atoms with Crippen LogP contribution in [0.1, 0.15) is 27.2 Å². The molecule has 0 aliphatic heterocycles. The predicted molar refractivity (Wildman–Crippen MR) is 73.8 cm³/mol. The Morgan fingerprint density at radius 1 is 1.22 bits per heavy atom. The van der Waals surface area contributed by atoms with Gasteiger partial charge in [0.05, 0.1) is 6.04 Å². The summed E-state index contributed by atoms with van der Waals surface area (Å²) in [5, 5.41) is 2.28. The molecule has 0 aromatic heterocycles. The minimum atomic E-state index is -1.73. The van der Waals surface area contributed by atoms with E-state index in [1.165, 1.54) is 0 Å². The molecule has 0 bridgehead atoms. The van der Waals surface area contributed by atoms with Gasteiger partial charge in [-0.15, -0.1) is 0 Å². The van der Waals surface area contributed by atoms with Crippen LogP contribution in [-0.2, 0) is 9.59 Å². The van der Waals surface area contributed by atoms with Crippen molar-refractivity contribution in [3.05, 3.63) is 29.3 Å². The van der Waals surface area contributed by atoms with E-state index in [1.807, 2.05) is 20.8 Å². The van der Waals surface area contributed by atoms with Crippen molar-refractivity contribution in [2.24, 2.45) is 5.41 Å². The molecule has 1 N–H and O–H groups in total. The molecule has 0 saturated carbocycles. The smallest absolute Gasteiger partial charge is 0.207 e. The van der Waals surface area contributed by atoms with E-state index in [9.17, 15) is 27.2 Å². The maximum atomic E-state index is 13.4. The Morgan fingerprint density at radius 3 is 2.17 bits per heavy atom. The Labute approximate surface area is 130 Å². The number of ketones is 1. The predicted octanol–water partition coefficient (Wildman–Crippen LogP) is 2.74. The van der Waals surface area contributed by atoms with Crippen molar-refractivity contribution in [2.45, 2.75) is 33.2 Å². The van der Waals surface area contributed by atoms with E-state index < -0.39 is 47.5 Å². The zero-order valence-electron chi connectivity index (χ0n) is 12.9. The van der Waals surface area contributed by atoms with Crippen LogP contribution in [0.5, 0.6) is 5.75 Å². The van der Waals surface area contributed by atoms with Gasteiger partial charge in [-0.25, -0.2) is 8.78 Å². The molecule has 0 spiro atoms. The van der Waals surface area contributed by atoms with Gasteiger partial charge in [0.15, 0.2) is 23.2 Å². The maximum absolute atomic E-state index is 13.4. The summed E-state index contributed by atoms with van der Waals surface area (Å²) in [5.41, 5.74) is -0.322. The van der Waals surface area contributed by atoms with Gasteiger partial charge in [0.2, 0.25) is 18.0 Å². The highest BCUT2D eigenvalue weighted by Gasteiger charge is 2.26. The second kappa shape index (κ2) is 7.43. The van der Waals surface area contributed by atoms with Crippen LogP contribution in [0, 0.1) is 28.7 Å². The highest BCUT2D eigenvalue weighted by Crippen LogP contribution is 2.27. The summed E-state index contributed by atoms with van der Waals surface area (Å²) >= 11 is 0. The number of ether oxygens (including phenoxy) is 1. The number of benzene rings is 1. The first-order chi connectivity index (χ1) is 10.6. The van der Waals surface area contributed by atoms with E-state index in [2.05, 4.69) is 10.1 Å². The van der Waals surface area contributed by atoms with E-state index in [-0.39, 0.29) is 17.9 Å². The van der Waals surface area contributed by atoms with Crippen molar-refractivity contribution in [1.82, 2.24) is 5.32 Å². The molecule has 0 heterocycles. The number of nitrogens with one attached hydrogen (secondary N) is 1. The van der Waals surface area contributed by atoms with Crippen LogP contribution in [0.2, 0.25) is 0 Å². The average molecular weight is 335 g/mol. The Morgan fingerprint density at radius 2 is 1.74 bits per heavy atom. The van der Waals surface area contributed by atoms with Crippen LogP contribution in [0.15, 0.2) is 6.07 Å². The summed E-state index contributed by atoms with van der Waals surface area (Å²) in [7, 11) is 0. The molecular formula is C15H17F4NO3. The van der Waals surface area contributed by atoms with Crippen LogP contribution in [-0.4, -0.2) is 24.8 Å². The van der Waals surface area contributed by atoms with Gasteiger partial charge in [0.1, 0.15) is 6.61 Å². The van der Waals surface area contributed by atoms with Crippen molar-refractivity contribution in [3.63, 3.8) is 0 Å². The summed E-state index contributed by atoms with van der Waals surface area (Å²) in [4.78, 5) is 22.6. The summed E-state index contributed by atoms with van der Waals surface area (Å²) in [5.74, 6) is -8.72. The molecule has 1 aromatic carbocycles. The molecule has 0 aliphatic carbocycles. The average Bonchev–Trinajstić information content (AvgIpc) is 2.43. The highest BCUT2D eigenvalue weighted by atomic mass is 19.2. The van der Waals surface area contributed by atoms with Gasteiger partial charge in [-0.05, 0) is 11.8 Å². The first-order valence-electron chi connectivity index (χ1n) is 6.75. The molecule has 8 heteroatoms. The molecule has 0 aliphatic rings. The molecule has 0 radical (unpaired) electrons. The summed E-state index contributed by atoms with van der Waals surface area (Å²) in [6.45, 7) is 4.62. The first-order valence-corrected chi connectivity index (χ1v) is 6.75. The Kier molecular flexibility index (Phi) is 6.12. The lowest BCUT2D eigenvalue weighted by Crippen LogP contribution is -2.41. The first kappa shape index (κ1) is 18.9. The fourth-order valence-electron chi connectivity index (χ4n) is 1.88. The van der Waals surface area contributed by atoms with Crippen molar-refractivity contribution in [2.75, 3.05) is 6.61 Å². The summed E-state index contributed by atoms with van der Waals surface area (Å²) < 4.78 is 57.5. The topological polar surface area (TPSA) is 55.4 Å². The molecule has 1 rings (SSSR count). The molecule has 1 amide bonds. The number of carbonyl (C=O) groups is 2. The summed E-state index contributed by atoms with van der Waals surface area (Å²) in [6, 6.07) is -0.910. The van der Waals surface area contributed by atoms with Gasteiger partial charge < -0.3 is 10.1 Å². The molecule has 1 atom stereocenters. The number of Topliss-reactive ketones (excluding diaryl/α,β-unsaturated/α-hetero) is 1. The zero-order chi connectivity index (χ0) is 17.8. The van der Waals surface area contributed by atoms with Gasteiger partial charge in [0, 0.05) is 6.07 Å². The molecular weight excluding hydrogens is 318 g/mol. The molecule has 1 aromatic rings. The van der Waals surface area contributed by atoms with Crippen molar-refractivity contribution in [1.29, 1.82) is 0 Å². The van der Waals surface area contributed by atoms with Crippen LogP contribution < -0.4 is 10.1 Å². The van der Waals surface area contributed by atoms with E-state index in [0.29, 0.717) is 6.41 Å². The van der Waals surface area contributed by atoms with Gasteiger partial charge in [-0.1, -0.05) is 20.8 Å². The number of hydrogen-bond acceptors (Lipinski definition) is 3. The SMILES string of the molecule is CC(C)(C)CC(NC=O)C(=O)COc1c(F)c(F)cc(F)c1F. The van der Waals surface area contributed by atoms with E-state index in [1.54, 1.807) is 0 Å². The standard InChI is InChI=1S/C15H17F4NO3/c1-15(2,3)5-10(20-7-21)11(22)6-23-14-12(18)8(16)4-9(17)13(14)19/h4,7,10H,5-6H2,1-3H3,(H,20,21). The number of rotatable bonds is 7. The lowest BCUT2D eigenvalue weighted by atomic mass is 9.87. The van der Waals surface area contributed by atoms with Crippen molar-refractivity contribution in [3.8, 4) is 5.75 Å². The lowest BCUT2D eigenvalue weighted by Gasteiger charge is -2.24. The molecule has 23 heavy (non-hydrogen) atoms. The molecule has 0 saturated heterocycles. The Balaban J connectivity index is 2.88. The van der Waals surface area contributed by atoms with Gasteiger partial charge in [-0.3, -0.25) is 9.59 Å². The van der Waals surface area contributed by atoms with Gasteiger partial charge in [-0.2, -0.15) is 8.78 Å². The highest BCUT2D eigenvalue weighted by molar-refractivity contribution is 5.87. The number of hydrogen-bond donors (Lipinski definition) is 1. The van der Waals surface area contributed by atoms with Crippen LogP contribution in [0.25, 0.3) is 0 Å². The van der Waals surface area contributed by atoms with Crippen LogP contribution in [0.3, 0.4) is 0 Å². The van der Waals surface area contributed by atoms with Gasteiger partial charge in [0.25, 0.3) is 0 Å². The van der Waals surface area contributed by atoms with Gasteiger partial charge >= 0.3 is 0 Å². The Bertz CT molecular complexity index is 573. The fraction of sp³-hybridized carbons (Fsp3) is 0.467. The normalized spacial score (nSPS) is 12.7. The minimum Gasteiger partial charge on any atom is -0.479 e. The molecule has 1 unspecified atom stereocenters. The van der Waals surface area contributed by atoms with E-state index >= 15 is 0 Å². The third kappa shape index (κ3) is 5.22. The van der Waals surface area contributed by atoms with Crippen LogP contribution in [0.4, 0.5) is 17.6 Å².